The maximum Gasteiger partial charge on any atom is 0.334 e. The minimum Gasteiger partial charge on any atom is -0.460 e. The molecule has 1 heterocycles. The topological polar surface area (TPSA) is 201 Å². The Hall–Kier alpha value is -4.79. The second-order valence-corrected chi connectivity index (χ2v) is 16.7. The van der Waals surface area contributed by atoms with Crippen LogP contribution in [-0.2, 0) is 49.5 Å². The van der Waals surface area contributed by atoms with E-state index in [1.54, 1.807) is 45.0 Å². The van der Waals surface area contributed by atoms with Gasteiger partial charge in [0.2, 0.25) is 23.6 Å². The number of aliphatic hydroxyl groups excluding tert-OH is 1. The molecule has 0 saturated carbocycles. The first-order valence-electron chi connectivity index (χ1n) is 21.4. The normalized spacial score (nSPS) is 29.2. The zero-order valence-corrected chi connectivity index (χ0v) is 37.8. The van der Waals surface area contributed by atoms with Gasteiger partial charge in [-0.1, -0.05) is 97.7 Å². The lowest BCUT2D eigenvalue weighted by molar-refractivity contribution is -0.166. The molecule has 0 spiro atoms. The number of amides is 5. The molecular formula is C45H71N5O10. The number of rotatable bonds is 9. The highest BCUT2D eigenvalue weighted by Gasteiger charge is 2.38. The number of carbonyl (C=O) groups excluding carboxylic acids is 7. The maximum atomic E-state index is 14.0. The third-order valence-corrected chi connectivity index (χ3v) is 11.8. The molecule has 1 aromatic rings. The monoisotopic (exact) mass is 842 g/mol. The van der Waals surface area contributed by atoms with Gasteiger partial charge in [-0.3, -0.25) is 24.0 Å². The van der Waals surface area contributed by atoms with Crippen molar-refractivity contribution in [1.82, 2.24) is 25.8 Å². The second kappa shape index (κ2) is 24.5. The molecule has 0 saturated heterocycles. The van der Waals surface area contributed by atoms with Crippen LogP contribution in [0.1, 0.15) is 107 Å². The van der Waals surface area contributed by atoms with Crippen molar-refractivity contribution in [2.45, 2.75) is 150 Å². The van der Waals surface area contributed by atoms with Gasteiger partial charge < -0.3 is 40.3 Å². The van der Waals surface area contributed by atoms with Gasteiger partial charge in [0.25, 0.3) is 5.91 Å². The lowest BCUT2D eigenvalue weighted by atomic mass is 9.85. The standard InChI is InChI=1S/C45H71N5O10/c1-13-19-28(6)38-30(8)35(51)23-22-29(7)44(57)60-39(27(5)15-3)41(54)46-31(9)40(53)47-34(24-33-20-17-16-18-21-33)42(55)49(11)25-36(52)48-37(26(4)14-2)43(56)50(12)32(10)45(58)59-38/h16-18,20-22,26-28,30-32,34-35,37-39,51H,13-15,19,23-25H2,1-12H3,(H,46,54)(H,47,53)(H,48,52)/b29-22+/t26-,27-,28-,30-,31-,32-,34+,35-,37-,38+,39+/m0/s1. The molecule has 15 nitrogen and oxygen atoms in total. The first-order valence-corrected chi connectivity index (χ1v) is 21.4. The molecule has 11 atom stereocenters. The summed E-state index contributed by atoms with van der Waals surface area (Å²) in [5.41, 5.74) is 0.872. The number of nitrogens with one attached hydrogen (secondary N) is 3. The van der Waals surface area contributed by atoms with Crippen molar-refractivity contribution in [3.05, 3.63) is 47.5 Å². The molecule has 2 rings (SSSR count). The summed E-state index contributed by atoms with van der Waals surface area (Å²) >= 11 is 0. The van der Waals surface area contributed by atoms with E-state index < -0.39 is 102 Å². The van der Waals surface area contributed by atoms with Crippen LogP contribution in [0.15, 0.2) is 42.0 Å². The van der Waals surface area contributed by atoms with Gasteiger partial charge in [0.05, 0.1) is 12.6 Å². The van der Waals surface area contributed by atoms with Crippen molar-refractivity contribution in [3.63, 3.8) is 0 Å². The fraction of sp³-hybridized carbons (Fsp3) is 0.667. The van der Waals surface area contributed by atoms with Crippen LogP contribution in [0.4, 0.5) is 0 Å². The van der Waals surface area contributed by atoms with Gasteiger partial charge in [-0.15, -0.1) is 0 Å². The Morgan fingerprint density at radius 3 is 2.00 bits per heavy atom. The molecule has 1 aromatic carbocycles. The molecule has 336 valence electrons. The van der Waals surface area contributed by atoms with E-state index in [-0.39, 0.29) is 30.3 Å². The Morgan fingerprint density at radius 1 is 0.800 bits per heavy atom. The molecule has 0 aliphatic carbocycles. The molecule has 15 heteroatoms. The number of nitrogens with zero attached hydrogens (tertiary/aromatic N) is 2. The predicted molar refractivity (Wildman–Crippen MR) is 228 cm³/mol. The highest BCUT2D eigenvalue weighted by Crippen LogP contribution is 2.27. The Bertz CT molecular complexity index is 1650. The lowest BCUT2D eigenvalue weighted by Crippen LogP contribution is -2.57. The van der Waals surface area contributed by atoms with Crippen LogP contribution in [0.2, 0.25) is 0 Å². The number of hydrogen-bond donors (Lipinski definition) is 4. The average molecular weight is 842 g/mol. The minimum absolute atomic E-state index is 0.00861. The Morgan fingerprint density at radius 2 is 1.42 bits per heavy atom. The zero-order valence-electron chi connectivity index (χ0n) is 37.8. The largest absolute Gasteiger partial charge is 0.460 e. The number of ether oxygens (including phenoxy) is 2. The van der Waals surface area contributed by atoms with E-state index >= 15 is 0 Å². The van der Waals surface area contributed by atoms with Crippen LogP contribution in [0.5, 0.6) is 0 Å². The van der Waals surface area contributed by atoms with E-state index in [2.05, 4.69) is 16.0 Å². The minimum atomic E-state index is -1.26. The summed E-state index contributed by atoms with van der Waals surface area (Å²) in [6, 6.07) is 4.53. The Balaban J connectivity index is 2.63. The number of hydrogen-bond acceptors (Lipinski definition) is 10. The van der Waals surface area contributed by atoms with Crippen molar-refractivity contribution in [3.8, 4) is 0 Å². The molecule has 0 aromatic heterocycles. The highest BCUT2D eigenvalue weighted by atomic mass is 16.6. The van der Waals surface area contributed by atoms with E-state index in [9.17, 15) is 38.7 Å². The third-order valence-electron chi connectivity index (χ3n) is 11.8. The van der Waals surface area contributed by atoms with E-state index in [0.29, 0.717) is 19.3 Å². The molecule has 60 heavy (non-hydrogen) atoms. The number of cyclic esters (lactones) is 2. The second-order valence-electron chi connectivity index (χ2n) is 16.7. The number of benzene rings is 1. The van der Waals surface area contributed by atoms with Crippen molar-refractivity contribution < 1.29 is 48.1 Å². The van der Waals surface area contributed by atoms with Gasteiger partial charge in [0, 0.05) is 37.9 Å². The number of carbonyl (C=O) groups is 7. The molecule has 0 radical (unpaired) electrons. The summed E-state index contributed by atoms with van der Waals surface area (Å²) in [6.45, 7) is 16.9. The van der Waals surface area contributed by atoms with E-state index in [0.717, 1.165) is 16.9 Å². The van der Waals surface area contributed by atoms with Crippen molar-refractivity contribution in [1.29, 1.82) is 0 Å². The molecule has 5 amide bonds. The fourth-order valence-corrected chi connectivity index (χ4v) is 7.00. The molecule has 0 unspecified atom stereocenters. The van der Waals surface area contributed by atoms with Crippen molar-refractivity contribution in [2.24, 2.45) is 23.7 Å². The average Bonchev–Trinajstić information content (AvgIpc) is 3.22. The van der Waals surface area contributed by atoms with Crippen LogP contribution in [0.3, 0.4) is 0 Å². The third kappa shape index (κ3) is 14.7. The number of aliphatic hydroxyl groups is 1. The molecule has 0 fully saturated rings. The quantitative estimate of drug-likeness (QED) is 0.266. The van der Waals surface area contributed by atoms with Crippen LogP contribution in [-0.4, -0.2) is 120 Å². The molecule has 4 N–H and O–H groups in total. The Kier molecular flexibility index (Phi) is 20.9. The van der Waals surface area contributed by atoms with Gasteiger partial charge in [0.1, 0.15) is 30.3 Å². The molecule has 1 aliphatic heterocycles. The maximum absolute atomic E-state index is 14.0. The van der Waals surface area contributed by atoms with Gasteiger partial charge in [0.15, 0.2) is 6.10 Å². The first kappa shape index (κ1) is 51.4. The van der Waals surface area contributed by atoms with Gasteiger partial charge in [-0.25, -0.2) is 9.59 Å². The molecular weight excluding hydrogens is 771 g/mol. The fourth-order valence-electron chi connectivity index (χ4n) is 7.00. The van der Waals surface area contributed by atoms with Crippen molar-refractivity contribution >= 4 is 41.5 Å². The Labute approximate surface area is 356 Å². The van der Waals surface area contributed by atoms with Gasteiger partial charge >= 0.3 is 11.9 Å². The van der Waals surface area contributed by atoms with Crippen LogP contribution < -0.4 is 16.0 Å². The predicted octanol–water partition coefficient (Wildman–Crippen LogP) is 3.71. The van der Waals surface area contributed by atoms with E-state index in [1.807, 2.05) is 33.8 Å². The van der Waals surface area contributed by atoms with E-state index in [1.165, 1.54) is 45.8 Å². The van der Waals surface area contributed by atoms with Crippen molar-refractivity contribution in [2.75, 3.05) is 20.6 Å². The molecule has 0 bridgehead atoms. The molecule has 1 aliphatic rings. The first-order chi connectivity index (χ1) is 28.2. The van der Waals surface area contributed by atoms with Crippen LogP contribution >= 0.6 is 0 Å². The zero-order chi connectivity index (χ0) is 45.4. The summed E-state index contributed by atoms with van der Waals surface area (Å²) in [5, 5.41) is 19.5. The van der Waals surface area contributed by atoms with Crippen LogP contribution in [0.25, 0.3) is 0 Å². The summed E-state index contributed by atoms with van der Waals surface area (Å²) in [6.07, 6.45) is 0.969. The number of likely N-dealkylation sites (N-methyl/N-ethyl adjacent to an activating group) is 2. The highest BCUT2D eigenvalue weighted by molar-refractivity contribution is 5.96. The smallest absolute Gasteiger partial charge is 0.334 e. The summed E-state index contributed by atoms with van der Waals surface area (Å²) in [5.74, 6) is -6.18. The van der Waals surface area contributed by atoms with Gasteiger partial charge in [-0.05, 0) is 57.4 Å². The summed E-state index contributed by atoms with van der Waals surface area (Å²) in [7, 11) is 2.87. The van der Waals surface area contributed by atoms with Gasteiger partial charge in [-0.2, -0.15) is 0 Å². The summed E-state index contributed by atoms with van der Waals surface area (Å²) < 4.78 is 11.8. The summed E-state index contributed by atoms with van der Waals surface area (Å²) in [4.78, 5) is 98.4. The number of esters is 2. The lowest BCUT2D eigenvalue weighted by Gasteiger charge is -2.35. The van der Waals surface area contributed by atoms with Crippen LogP contribution in [0, 0.1) is 23.7 Å². The van der Waals surface area contributed by atoms with E-state index in [4.69, 9.17) is 9.47 Å². The SMILES string of the molecule is CCC[C@H](C)[C@H]1OC(=O)[C@H](C)N(C)C(=O)[C@H]([C@@H](C)CC)NC(=O)CN(C)C(=O)[C@@H](Cc2ccccc2)NC(=O)[C@H](C)NC(=O)[C@@H]([C@@H](C)CC)OC(=O)/C(C)=C/C[C@H](O)[C@@H]1C.